The first-order valence-electron chi connectivity index (χ1n) is 11.3. The second-order valence-electron chi connectivity index (χ2n) is 10.2. The number of ketones is 1. The lowest BCUT2D eigenvalue weighted by Gasteiger charge is -2.45. The Morgan fingerprint density at radius 1 is 1.23 bits per heavy atom. The second kappa shape index (κ2) is 7.19. The zero-order valence-corrected chi connectivity index (χ0v) is 18.6. The number of carbonyl (C=O) groups excluding carboxylic acids is 2. The summed E-state index contributed by atoms with van der Waals surface area (Å²) >= 11 is 0. The van der Waals surface area contributed by atoms with E-state index in [1.807, 2.05) is 23.7 Å². The Morgan fingerprint density at radius 3 is 2.61 bits per heavy atom. The summed E-state index contributed by atoms with van der Waals surface area (Å²) in [5.74, 6) is 0.340. The maximum absolute atomic E-state index is 12.8. The fraction of sp³-hybridized carbons (Fsp3) is 0.542. The predicted molar refractivity (Wildman–Crippen MR) is 120 cm³/mol. The molecule has 7 nitrogen and oxygen atoms in total. The standard InChI is InChI=1S/C24H31N5O2/c1-14-22-20(11-24(2,3)12-21(22)30)29(27-14)16-4-5-17(23(25)31)18(10-16)26-19-13-28-8-6-15(19)7-9-28/h4-5,10,15,19,26H,6-9,11-13H2,1-3H3,(H2,25,31). The van der Waals surface area contributed by atoms with Crippen molar-refractivity contribution < 1.29 is 9.59 Å². The van der Waals surface area contributed by atoms with Crippen molar-refractivity contribution in [3.63, 3.8) is 0 Å². The minimum absolute atomic E-state index is 0.0989. The van der Waals surface area contributed by atoms with Crippen molar-refractivity contribution in [3.8, 4) is 5.69 Å². The molecule has 1 aromatic carbocycles. The van der Waals surface area contributed by atoms with Crippen LogP contribution in [-0.2, 0) is 6.42 Å². The van der Waals surface area contributed by atoms with E-state index in [9.17, 15) is 9.59 Å². The lowest BCUT2D eigenvalue weighted by Crippen LogP contribution is -2.53. The molecule has 3 aliphatic heterocycles. The molecule has 1 aliphatic carbocycles. The average Bonchev–Trinajstić information content (AvgIpc) is 3.04. The molecule has 4 aliphatic rings. The molecule has 7 heteroatoms. The lowest BCUT2D eigenvalue weighted by molar-refractivity contribution is 0.0909. The zero-order chi connectivity index (χ0) is 21.9. The maximum atomic E-state index is 12.8. The van der Waals surface area contributed by atoms with Gasteiger partial charge in [-0.2, -0.15) is 5.10 Å². The Balaban J connectivity index is 1.54. The van der Waals surface area contributed by atoms with Crippen molar-refractivity contribution in [2.75, 3.05) is 25.0 Å². The van der Waals surface area contributed by atoms with Gasteiger partial charge in [0.15, 0.2) is 5.78 Å². The second-order valence-corrected chi connectivity index (χ2v) is 10.2. The van der Waals surface area contributed by atoms with Crippen LogP contribution in [0, 0.1) is 18.3 Å². The van der Waals surface area contributed by atoms with Crippen molar-refractivity contribution >= 4 is 17.4 Å². The van der Waals surface area contributed by atoms with Gasteiger partial charge in [0.1, 0.15) is 0 Å². The number of carbonyl (C=O) groups is 2. The van der Waals surface area contributed by atoms with Gasteiger partial charge in [0, 0.05) is 24.7 Å². The SMILES string of the molecule is Cc1nn(-c2ccc(C(N)=O)c(NC3CN4CCC3CC4)c2)c2c1C(=O)CC(C)(C)C2. The van der Waals surface area contributed by atoms with Crippen LogP contribution in [0.15, 0.2) is 18.2 Å². The van der Waals surface area contributed by atoms with Gasteiger partial charge in [-0.3, -0.25) is 9.59 Å². The number of amides is 1. The van der Waals surface area contributed by atoms with Crippen molar-refractivity contribution in [2.24, 2.45) is 17.1 Å². The number of nitrogens with two attached hydrogens (primary N) is 1. The molecular weight excluding hydrogens is 390 g/mol. The molecule has 3 N–H and O–H groups in total. The highest BCUT2D eigenvalue weighted by Gasteiger charge is 2.37. The molecule has 3 saturated heterocycles. The van der Waals surface area contributed by atoms with Gasteiger partial charge in [-0.15, -0.1) is 0 Å². The molecular formula is C24H31N5O2. The number of hydrogen-bond acceptors (Lipinski definition) is 5. The van der Waals surface area contributed by atoms with Crippen molar-refractivity contribution in [1.82, 2.24) is 14.7 Å². The summed E-state index contributed by atoms with van der Waals surface area (Å²) in [7, 11) is 0. The number of aryl methyl sites for hydroxylation is 1. The number of fused-ring (bicyclic) bond motifs is 4. The van der Waals surface area contributed by atoms with Gasteiger partial charge in [-0.25, -0.2) is 4.68 Å². The highest BCUT2D eigenvalue weighted by atomic mass is 16.1. The molecule has 6 rings (SSSR count). The van der Waals surface area contributed by atoms with E-state index in [1.165, 1.54) is 12.8 Å². The van der Waals surface area contributed by atoms with E-state index in [-0.39, 0.29) is 11.2 Å². The van der Waals surface area contributed by atoms with Gasteiger partial charge in [-0.1, -0.05) is 13.8 Å². The maximum Gasteiger partial charge on any atom is 0.250 e. The van der Waals surface area contributed by atoms with E-state index in [0.29, 0.717) is 23.9 Å². The van der Waals surface area contributed by atoms with Crippen molar-refractivity contribution in [3.05, 3.63) is 40.7 Å². The zero-order valence-electron chi connectivity index (χ0n) is 18.6. The summed E-state index contributed by atoms with van der Waals surface area (Å²) < 4.78 is 1.88. The van der Waals surface area contributed by atoms with Crippen LogP contribution < -0.4 is 11.1 Å². The number of anilines is 1. The van der Waals surface area contributed by atoms with Crippen LogP contribution in [0.1, 0.15) is 65.2 Å². The fourth-order valence-corrected chi connectivity index (χ4v) is 5.68. The number of rotatable bonds is 4. The largest absolute Gasteiger partial charge is 0.380 e. The van der Waals surface area contributed by atoms with Crippen molar-refractivity contribution in [1.29, 1.82) is 0 Å². The highest BCUT2D eigenvalue weighted by molar-refractivity contribution is 6.00. The minimum Gasteiger partial charge on any atom is -0.380 e. The van der Waals surface area contributed by atoms with Crippen LogP contribution in [0.3, 0.4) is 0 Å². The number of nitrogens with zero attached hydrogens (tertiary/aromatic N) is 3. The number of nitrogens with one attached hydrogen (secondary N) is 1. The molecule has 1 atom stereocenters. The van der Waals surface area contributed by atoms with Crippen LogP contribution in [0.2, 0.25) is 0 Å². The van der Waals surface area contributed by atoms with Crippen LogP contribution in [0.5, 0.6) is 0 Å². The topological polar surface area (TPSA) is 93.2 Å². The minimum atomic E-state index is -0.440. The number of benzene rings is 1. The molecule has 164 valence electrons. The van der Waals surface area contributed by atoms with E-state index in [1.54, 1.807) is 6.07 Å². The number of hydrogen-bond donors (Lipinski definition) is 2. The summed E-state index contributed by atoms with van der Waals surface area (Å²) in [5, 5.41) is 8.36. The average molecular weight is 422 g/mol. The third kappa shape index (κ3) is 3.55. The fourth-order valence-electron chi connectivity index (χ4n) is 5.68. The van der Waals surface area contributed by atoms with E-state index in [2.05, 4.69) is 24.1 Å². The Morgan fingerprint density at radius 2 is 1.97 bits per heavy atom. The van der Waals surface area contributed by atoms with Gasteiger partial charge < -0.3 is 16.0 Å². The number of Topliss-reactive ketones (excluding diaryl/α,β-unsaturated/α-hetero) is 1. The monoisotopic (exact) mass is 421 g/mol. The third-order valence-corrected chi connectivity index (χ3v) is 7.23. The molecule has 2 bridgehead atoms. The van der Waals surface area contributed by atoms with Crippen LogP contribution in [0.25, 0.3) is 5.69 Å². The van der Waals surface area contributed by atoms with Crippen LogP contribution in [-0.4, -0.2) is 52.0 Å². The summed E-state index contributed by atoms with van der Waals surface area (Å²) in [5.41, 5.74) is 10.2. The first kappa shape index (κ1) is 20.2. The van der Waals surface area contributed by atoms with Gasteiger partial charge in [0.25, 0.3) is 5.91 Å². The molecule has 4 heterocycles. The highest BCUT2D eigenvalue weighted by Crippen LogP contribution is 2.38. The molecule has 3 fully saturated rings. The Labute approximate surface area is 183 Å². The molecule has 1 aromatic heterocycles. The van der Waals surface area contributed by atoms with Crippen LogP contribution >= 0.6 is 0 Å². The quantitative estimate of drug-likeness (QED) is 0.792. The number of aromatic nitrogens is 2. The normalized spacial score (nSPS) is 26.5. The summed E-state index contributed by atoms with van der Waals surface area (Å²) in [6.07, 6.45) is 3.70. The van der Waals surface area contributed by atoms with E-state index in [0.717, 1.165) is 54.4 Å². The van der Waals surface area contributed by atoms with Gasteiger partial charge in [0.05, 0.1) is 28.2 Å². The first-order valence-corrected chi connectivity index (χ1v) is 11.3. The summed E-state index contributed by atoms with van der Waals surface area (Å²) in [6.45, 7) is 9.46. The van der Waals surface area contributed by atoms with Gasteiger partial charge in [0.2, 0.25) is 0 Å². The molecule has 1 unspecified atom stereocenters. The Bertz CT molecular complexity index is 1060. The molecule has 1 amide bonds. The Hall–Kier alpha value is -2.67. The Kier molecular flexibility index (Phi) is 4.70. The third-order valence-electron chi connectivity index (χ3n) is 7.23. The van der Waals surface area contributed by atoms with Crippen LogP contribution in [0.4, 0.5) is 5.69 Å². The van der Waals surface area contributed by atoms with E-state index < -0.39 is 5.91 Å². The van der Waals surface area contributed by atoms with Gasteiger partial charge >= 0.3 is 0 Å². The number of primary amides is 1. The molecule has 0 saturated carbocycles. The first-order chi connectivity index (χ1) is 14.7. The van der Waals surface area contributed by atoms with Gasteiger partial charge in [-0.05, 0) is 68.8 Å². The lowest BCUT2D eigenvalue weighted by atomic mass is 9.75. The van der Waals surface area contributed by atoms with Crippen molar-refractivity contribution in [2.45, 2.75) is 52.5 Å². The van der Waals surface area contributed by atoms with E-state index >= 15 is 0 Å². The summed E-state index contributed by atoms with van der Waals surface area (Å²) in [6, 6.07) is 5.93. The predicted octanol–water partition coefficient (Wildman–Crippen LogP) is 2.94. The molecule has 0 spiro atoms. The number of piperidine rings is 3. The molecule has 31 heavy (non-hydrogen) atoms. The molecule has 0 radical (unpaired) electrons. The van der Waals surface area contributed by atoms with E-state index in [4.69, 9.17) is 10.8 Å². The smallest absolute Gasteiger partial charge is 0.250 e. The molecule has 2 aromatic rings. The summed E-state index contributed by atoms with van der Waals surface area (Å²) in [4.78, 5) is 27.4.